The summed E-state index contributed by atoms with van der Waals surface area (Å²) in [6.45, 7) is 6.66. The van der Waals surface area contributed by atoms with E-state index in [0.717, 1.165) is 18.5 Å². The molecule has 1 amide bonds. The first kappa shape index (κ1) is 20.7. The topological polar surface area (TPSA) is 96.4 Å². The summed E-state index contributed by atoms with van der Waals surface area (Å²) in [4.78, 5) is 37.4. The molecule has 9 heteroatoms. The molecule has 1 aromatic carbocycles. The lowest BCUT2D eigenvalue weighted by Gasteiger charge is -2.39. The van der Waals surface area contributed by atoms with Crippen molar-refractivity contribution < 1.29 is 9.53 Å². The van der Waals surface area contributed by atoms with Crippen molar-refractivity contribution in [1.29, 1.82) is 0 Å². The quantitative estimate of drug-likeness (QED) is 0.674. The molecule has 9 nitrogen and oxygen atoms in total. The fraction of sp³-hybridized carbons (Fsp3) is 0.478. The maximum atomic E-state index is 13.1. The molecule has 5 rings (SSSR count). The molecule has 4 heterocycles. The van der Waals surface area contributed by atoms with Crippen LogP contribution in [0.4, 0.5) is 5.95 Å². The number of fused-ring (bicyclic) bond motifs is 1. The molecule has 0 radical (unpaired) electrons. The van der Waals surface area contributed by atoms with Gasteiger partial charge in [0.1, 0.15) is 5.39 Å². The van der Waals surface area contributed by atoms with Crippen LogP contribution in [0.25, 0.3) is 16.7 Å². The Bertz CT molecular complexity index is 1160. The number of H-pyrrole nitrogens is 1. The van der Waals surface area contributed by atoms with Gasteiger partial charge in [-0.3, -0.25) is 14.6 Å². The Morgan fingerprint density at radius 2 is 1.78 bits per heavy atom. The van der Waals surface area contributed by atoms with E-state index in [2.05, 4.69) is 15.0 Å². The van der Waals surface area contributed by atoms with Crippen LogP contribution in [0.15, 0.2) is 41.3 Å². The third-order valence-electron chi connectivity index (χ3n) is 6.30. The molecule has 0 saturated carbocycles. The third-order valence-corrected chi connectivity index (χ3v) is 6.30. The number of carbonyl (C=O) groups is 1. The first-order valence-electron chi connectivity index (χ1n) is 11.2. The number of rotatable bonds is 3. The van der Waals surface area contributed by atoms with Gasteiger partial charge in [0.05, 0.1) is 24.1 Å². The normalized spacial score (nSPS) is 22.4. The van der Waals surface area contributed by atoms with Crippen LogP contribution in [0.3, 0.4) is 0 Å². The van der Waals surface area contributed by atoms with Gasteiger partial charge in [0.25, 0.3) is 5.56 Å². The van der Waals surface area contributed by atoms with Crippen molar-refractivity contribution in [1.82, 2.24) is 24.6 Å². The average molecular weight is 437 g/mol. The highest BCUT2D eigenvalue weighted by atomic mass is 16.5. The molecule has 32 heavy (non-hydrogen) atoms. The lowest BCUT2D eigenvalue weighted by atomic mass is 9.95. The Hall–Kier alpha value is -3.20. The van der Waals surface area contributed by atoms with E-state index in [9.17, 15) is 9.59 Å². The van der Waals surface area contributed by atoms with Gasteiger partial charge in [0.15, 0.2) is 5.65 Å². The van der Waals surface area contributed by atoms with Crippen molar-refractivity contribution in [3.8, 4) is 5.69 Å². The molecule has 1 N–H and O–H groups in total. The highest BCUT2D eigenvalue weighted by Gasteiger charge is 2.33. The van der Waals surface area contributed by atoms with Gasteiger partial charge in [-0.2, -0.15) is 10.1 Å². The maximum absolute atomic E-state index is 13.1. The number of aromatic amines is 1. The number of nitrogens with zero attached hydrogens (tertiary/aromatic N) is 5. The van der Waals surface area contributed by atoms with Crippen molar-refractivity contribution in [3.05, 3.63) is 46.9 Å². The maximum Gasteiger partial charge on any atom is 0.263 e. The number of anilines is 1. The molecule has 0 spiro atoms. The first-order chi connectivity index (χ1) is 15.5. The summed E-state index contributed by atoms with van der Waals surface area (Å²) in [5.41, 5.74) is 1.18. The fourth-order valence-electron chi connectivity index (χ4n) is 4.77. The average Bonchev–Trinajstić information content (AvgIpc) is 3.23. The van der Waals surface area contributed by atoms with Gasteiger partial charge in [-0.05, 0) is 38.8 Å². The van der Waals surface area contributed by atoms with Gasteiger partial charge in [-0.25, -0.2) is 4.68 Å². The minimum atomic E-state index is -0.207. The van der Waals surface area contributed by atoms with Crippen molar-refractivity contribution >= 4 is 22.9 Å². The second kappa shape index (κ2) is 8.38. The molecule has 2 aliphatic rings. The molecule has 0 bridgehead atoms. The minimum absolute atomic E-state index is 0.00551. The molecule has 3 aromatic rings. The first-order valence-corrected chi connectivity index (χ1v) is 11.2. The van der Waals surface area contributed by atoms with Gasteiger partial charge >= 0.3 is 0 Å². The Morgan fingerprint density at radius 1 is 1.09 bits per heavy atom. The van der Waals surface area contributed by atoms with Crippen molar-refractivity contribution in [3.63, 3.8) is 0 Å². The summed E-state index contributed by atoms with van der Waals surface area (Å²) in [6.07, 6.45) is 3.15. The second-order valence-electron chi connectivity index (χ2n) is 8.78. The standard InChI is InChI=1S/C23H28N6O3/c1-15-13-28(14-16(2)32-15)22(31)17-8-10-27(11-9-17)23-25-20-19(21(30)26-23)12-24-29(20)18-6-4-3-5-7-18/h3-7,12,15-17H,8-11,13-14H2,1-2H3,(H,25,26,30). The monoisotopic (exact) mass is 436 g/mol. The number of aromatic nitrogens is 4. The summed E-state index contributed by atoms with van der Waals surface area (Å²) >= 11 is 0. The number of nitrogens with one attached hydrogen (secondary N) is 1. The Labute approximate surface area is 186 Å². The number of benzene rings is 1. The highest BCUT2D eigenvalue weighted by molar-refractivity contribution is 5.79. The fourth-order valence-corrected chi connectivity index (χ4v) is 4.77. The van der Waals surface area contributed by atoms with Gasteiger partial charge in [-0.1, -0.05) is 18.2 Å². The number of amides is 1. The third kappa shape index (κ3) is 3.88. The summed E-state index contributed by atoms with van der Waals surface area (Å²) in [5.74, 6) is 0.736. The summed E-state index contributed by atoms with van der Waals surface area (Å²) in [7, 11) is 0. The van der Waals surface area contributed by atoms with E-state index < -0.39 is 0 Å². The van der Waals surface area contributed by atoms with Gasteiger partial charge in [0.2, 0.25) is 11.9 Å². The molecule has 2 atom stereocenters. The van der Waals surface area contributed by atoms with Crippen LogP contribution in [0.2, 0.25) is 0 Å². The van der Waals surface area contributed by atoms with Crippen LogP contribution in [0.1, 0.15) is 26.7 Å². The molecular formula is C23H28N6O3. The Balaban J connectivity index is 1.33. The Morgan fingerprint density at radius 3 is 2.47 bits per heavy atom. The second-order valence-corrected chi connectivity index (χ2v) is 8.78. The van der Waals surface area contributed by atoms with Crippen LogP contribution < -0.4 is 10.5 Å². The van der Waals surface area contributed by atoms with Crippen LogP contribution in [-0.4, -0.2) is 68.9 Å². The predicted molar refractivity (Wildman–Crippen MR) is 121 cm³/mol. The van der Waals surface area contributed by atoms with E-state index >= 15 is 0 Å². The SMILES string of the molecule is CC1CN(C(=O)C2CCN(c3nc4c(cnn4-c4ccccc4)c(=O)[nH]3)CC2)CC(C)O1. The predicted octanol–water partition coefficient (Wildman–Crippen LogP) is 1.96. The van der Waals surface area contributed by atoms with Gasteiger partial charge in [0, 0.05) is 32.1 Å². The lowest BCUT2D eigenvalue weighted by molar-refractivity contribution is -0.148. The van der Waals surface area contributed by atoms with E-state index in [1.165, 1.54) is 0 Å². The van der Waals surface area contributed by atoms with Crippen molar-refractivity contribution in [2.75, 3.05) is 31.1 Å². The molecule has 2 unspecified atom stereocenters. The zero-order valence-electron chi connectivity index (χ0n) is 18.4. The van der Waals surface area contributed by atoms with E-state index in [0.29, 0.717) is 43.2 Å². The molecule has 2 aliphatic heterocycles. The summed E-state index contributed by atoms with van der Waals surface area (Å²) < 4.78 is 7.44. The summed E-state index contributed by atoms with van der Waals surface area (Å²) in [5, 5.41) is 4.82. The lowest BCUT2D eigenvalue weighted by Crippen LogP contribution is -2.51. The van der Waals surface area contributed by atoms with Crippen molar-refractivity contribution in [2.45, 2.75) is 38.9 Å². The van der Waals surface area contributed by atoms with E-state index in [1.807, 2.05) is 49.1 Å². The molecule has 168 valence electrons. The van der Waals surface area contributed by atoms with Gasteiger partial charge < -0.3 is 14.5 Å². The number of para-hydroxylation sites is 1. The molecule has 2 fully saturated rings. The minimum Gasteiger partial charge on any atom is -0.372 e. The number of ether oxygens (including phenoxy) is 1. The van der Waals surface area contributed by atoms with E-state index in [4.69, 9.17) is 9.72 Å². The number of carbonyl (C=O) groups excluding carboxylic acids is 1. The van der Waals surface area contributed by atoms with Gasteiger partial charge in [-0.15, -0.1) is 0 Å². The van der Waals surface area contributed by atoms with Crippen LogP contribution in [0.5, 0.6) is 0 Å². The molecule has 2 saturated heterocycles. The van der Waals surface area contributed by atoms with Crippen LogP contribution >= 0.6 is 0 Å². The van der Waals surface area contributed by atoms with Crippen LogP contribution in [0, 0.1) is 5.92 Å². The van der Waals surface area contributed by atoms with E-state index in [1.54, 1.807) is 10.9 Å². The van der Waals surface area contributed by atoms with Crippen molar-refractivity contribution in [2.24, 2.45) is 5.92 Å². The summed E-state index contributed by atoms with van der Waals surface area (Å²) in [6, 6.07) is 9.65. The zero-order valence-corrected chi connectivity index (χ0v) is 18.4. The smallest absolute Gasteiger partial charge is 0.263 e. The number of hydrogen-bond donors (Lipinski definition) is 1. The highest BCUT2D eigenvalue weighted by Crippen LogP contribution is 2.25. The number of hydrogen-bond acceptors (Lipinski definition) is 6. The van der Waals surface area contributed by atoms with E-state index in [-0.39, 0.29) is 29.6 Å². The molecular weight excluding hydrogens is 408 g/mol. The number of morpholine rings is 1. The van der Waals surface area contributed by atoms with Crippen LogP contribution in [-0.2, 0) is 9.53 Å². The molecule has 2 aromatic heterocycles. The largest absolute Gasteiger partial charge is 0.372 e. The zero-order chi connectivity index (χ0) is 22.2. The number of piperidine rings is 1. The molecule has 0 aliphatic carbocycles. The Kier molecular flexibility index (Phi) is 5.42.